The lowest BCUT2D eigenvalue weighted by Crippen LogP contribution is -2.60. The molecule has 14 unspecified atom stereocenters. The smallest absolute Gasteiger partial charge is 0.330 e. The fourth-order valence-electron chi connectivity index (χ4n) is 12.4. The number of nitrogens with two attached hydrogens (primary N) is 2. The van der Waals surface area contributed by atoms with Gasteiger partial charge in [0.1, 0.15) is 102 Å². The number of fused-ring (bicyclic) bond motifs is 15. The first-order chi connectivity index (χ1) is 47.7. The number of carbonyl (C=O) groups excluding carboxylic acids is 8. The molecule has 17 atom stereocenters. The highest BCUT2D eigenvalue weighted by Crippen LogP contribution is 2.50. The minimum Gasteiger partial charge on any atom is -0.508 e. The van der Waals surface area contributed by atoms with E-state index in [2.05, 4.69) is 37.2 Å². The summed E-state index contributed by atoms with van der Waals surface area (Å²) in [7, 11) is 1.47. The second-order valence-corrected chi connectivity index (χ2v) is 26.3. The Balaban J connectivity index is 1.26. The number of aliphatic hydroxyl groups excluding tert-OH is 5. The molecule has 7 aliphatic rings. The molecule has 0 aliphatic carbocycles. The number of Topliss-reactive ketones (excluding diaryl/α,β-unsaturated/α-hetero) is 1. The van der Waals surface area contributed by atoms with Crippen molar-refractivity contribution in [1.29, 1.82) is 0 Å². The molecule has 2 saturated heterocycles. The van der Waals surface area contributed by atoms with E-state index in [4.69, 9.17) is 63.1 Å². The van der Waals surface area contributed by atoms with E-state index in [-0.39, 0.29) is 39.8 Å². The predicted molar refractivity (Wildman–Crippen MR) is 348 cm³/mol. The van der Waals surface area contributed by atoms with Crippen LogP contribution in [0.1, 0.15) is 105 Å². The summed E-state index contributed by atoms with van der Waals surface area (Å²) in [5.74, 6) is -16.7. The maximum atomic E-state index is 16.1. The van der Waals surface area contributed by atoms with Crippen LogP contribution in [0.5, 0.6) is 46.0 Å². The highest BCUT2D eigenvalue weighted by Gasteiger charge is 2.49. The van der Waals surface area contributed by atoms with Gasteiger partial charge in [0.2, 0.25) is 53.4 Å². The number of ketones is 1. The number of hydrogen-bond acceptors (Lipinski definition) is 25. The van der Waals surface area contributed by atoms with Crippen molar-refractivity contribution in [3.05, 3.63) is 117 Å². The zero-order chi connectivity index (χ0) is 73.5. The number of nitrogens with one attached hydrogen (secondary N) is 7. The summed E-state index contributed by atoms with van der Waals surface area (Å²) in [4.78, 5) is 132. The molecule has 0 spiro atoms. The number of likely N-dealkylation sites (N-methyl/N-ethyl adjacent to an activating group) is 1. The molecule has 5 aromatic carbocycles. The largest absolute Gasteiger partial charge is 0.508 e. The average Bonchev–Trinajstić information content (AvgIpc) is 0.770. The molecule has 0 radical (unpaired) electrons. The van der Waals surface area contributed by atoms with E-state index in [0.29, 0.717) is 0 Å². The number of phenols is 3. The van der Waals surface area contributed by atoms with Crippen molar-refractivity contribution in [2.45, 2.75) is 150 Å². The monoisotopic (exact) mass is 1450 g/mol. The number of halogens is 2. The molecule has 20 N–H and O–H groups in total. The standard InChI is InChI=1S/C66H73Cl2N9O24/c1-23(2)12-34(71-5)58(88)76-49-51(83)26-7-10-38(32(67)14-26)97-40-16-28-17-41(56(40)101-65-54(86)53(85)52(84)42(22-78)99-65)98-39-11-8-27(15-33(39)68)55(100-44-21-66(4,70)57(87)24(3)96-44)50-63(93)75-48(64(94)95)31-18-29(79)19-37(81)45(31)30-13-25(6-9-36(30)80)46(60(90)77-50)74-61(91)47(28)73-59(89)35(20-43(69)82)72-62(49)92/h6-11,13-19,23-24,34-35,42,44,46-55,65,71,78-81,83-86H,12,20-22,70H2,1-5H3,(H2,69,82)(H,72,92)(H,73,89)(H,74,91)(H,75,93)(H,76,88)(H,77,90)(H,94,95)/t24?,34?,35?,42-,44?,46?,47?,48?,49?,50?,51?,52?,53+,54?,55?,65?,66+/m1/s1. The normalized spacial score (nSPS) is 28.7. The Morgan fingerprint density at radius 2 is 1.33 bits per heavy atom. The van der Waals surface area contributed by atoms with E-state index in [9.17, 15) is 69.9 Å². The quantitative estimate of drug-likeness (QED) is 0.0754. The number of aromatic hydroxyl groups is 3. The van der Waals surface area contributed by atoms with Crippen LogP contribution < -0.4 is 62.9 Å². The van der Waals surface area contributed by atoms with Gasteiger partial charge in [0.25, 0.3) is 0 Å². The first-order valence-corrected chi connectivity index (χ1v) is 32.2. The SMILES string of the molecule is CNC(CC(C)C)C(=O)NC1C(=O)NC(CC(N)=O)C(=O)NC2C(=O)NC3C(=O)NC(C(=O)NC(C(=O)O)c4cc(O)cc(O)c4-c4cc3ccc4O)C(OC3C[C@](C)(N)C(=O)C(C)O3)c3ccc(c(Cl)c3)Oc3cc2cc(c3OC2O[C@H](CO)C(O)[C@H](O)C2O)Oc2ccc(cc2Cl)C1O. The molecular weight excluding hydrogens is 1370 g/mol. The molecule has 5 aromatic rings. The predicted octanol–water partition coefficient (Wildman–Crippen LogP) is 0.314. The van der Waals surface area contributed by atoms with Gasteiger partial charge in [0.15, 0.2) is 29.6 Å². The summed E-state index contributed by atoms with van der Waals surface area (Å²) in [6, 6.07) is -0.561. The molecule has 7 aliphatic heterocycles. The van der Waals surface area contributed by atoms with Crippen LogP contribution in [0.2, 0.25) is 10.0 Å². The van der Waals surface area contributed by atoms with Gasteiger partial charge in [0, 0.05) is 29.2 Å². The molecule has 0 saturated carbocycles. The molecular formula is C66H73Cl2N9O24. The Labute approximate surface area is 583 Å². The summed E-state index contributed by atoms with van der Waals surface area (Å²) in [5.41, 5.74) is 7.78. The van der Waals surface area contributed by atoms with Gasteiger partial charge in [-0.3, -0.25) is 38.4 Å². The summed E-state index contributed by atoms with van der Waals surface area (Å²) in [6.45, 7) is 5.40. The van der Waals surface area contributed by atoms with Crippen LogP contribution >= 0.6 is 23.2 Å². The molecule has 35 heteroatoms. The molecule has 7 heterocycles. The first-order valence-electron chi connectivity index (χ1n) is 31.5. The number of rotatable bonds is 13. The van der Waals surface area contributed by atoms with Crippen LogP contribution in [0, 0.1) is 5.92 Å². The Morgan fingerprint density at radius 1 is 0.713 bits per heavy atom. The summed E-state index contributed by atoms with van der Waals surface area (Å²) >= 11 is 14.2. The van der Waals surface area contributed by atoms with E-state index in [1.54, 1.807) is 0 Å². The van der Waals surface area contributed by atoms with Crippen molar-refractivity contribution in [3.63, 3.8) is 0 Å². The van der Waals surface area contributed by atoms with Gasteiger partial charge in [-0.1, -0.05) is 55.2 Å². The van der Waals surface area contributed by atoms with Gasteiger partial charge in [-0.15, -0.1) is 0 Å². The van der Waals surface area contributed by atoms with Crippen LogP contribution in [0.15, 0.2) is 78.9 Å². The fraction of sp³-hybridized carbons (Fsp3) is 0.409. The third kappa shape index (κ3) is 15.7. The van der Waals surface area contributed by atoms with Crippen LogP contribution in [-0.2, 0) is 57.4 Å². The number of amides is 7. The molecule has 101 heavy (non-hydrogen) atoms. The zero-order valence-corrected chi connectivity index (χ0v) is 55.7. The van der Waals surface area contributed by atoms with Gasteiger partial charge in [-0.2, -0.15) is 0 Å². The molecule has 540 valence electrons. The van der Waals surface area contributed by atoms with Crippen molar-refractivity contribution >= 4 is 76.3 Å². The van der Waals surface area contributed by atoms with E-state index < -0.39 is 243 Å². The molecule has 0 aromatic heterocycles. The van der Waals surface area contributed by atoms with Gasteiger partial charge in [-0.25, -0.2) is 4.79 Å². The number of hydrogen-bond donors (Lipinski definition) is 18. The molecule has 2 fully saturated rings. The second kappa shape index (κ2) is 30.0. The van der Waals surface area contributed by atoms with Crippen LogP contribution in [0.4, 0.5) is 0 Å². The number of carboxylic acids is 1. The van der Waals surface area contributed by atoms with Crippen LogP contribution in [0.3, 0.4) is 0 Å². The van der Waals surface area contributed by atoms with Crippen molar-refractivity contribution in [3.8, 4) is 57.1 Å². The van der Waals surface area contributed by atoms with Gasteiger partial charge < -0.3 is 123 Å². The lowest BCUT2D eigenvalue weighted by Gasteiger charge is -2.40. The molecule has 7 amide bonds. The number of ether oxygens (including phenoxy) is 6. The Hall–Kier alpha value is -9.49. The number of primary amides is 1. The van der Waals surface area contributed by atoms with Crippen molar-refractivity contribution < 1.29 is 118 Å². The second-order valence-electron chi connectivity index (χ2n) is 25.5. The topological polar surface area (TPSA) is 527 Å². The lowest BCUT2D eigenvalue weighted by atomic mass is 9.88. The van der Waals surface area contributed by atoms with E-state index in [1.807, 2.05) is 13.8 Å². The third-order valence-electron chi connectivity index (χ3n) is 17.5. The van der Waals surface area contributed by atoms with Gasteiger partial charge in [-0.05, 0) is 110 Å². The molecule has 33 nitrogen and oxygen atoms in total. The average molecular weight is 1450 g/mol. The van der Waals surface area contributed by atoms with E-state index >= 15 is 19.2 Å². The van der Waals surface area contributed by atoms with Crippen LogP contribution in [-0.4, -0.2) is 186 Å². The molecule has 12 rings (SSSR count). The summed E-state index contributed by atoms with van der Waals surface area (Å²) in [6.07, 6.45) is -18.1. The lowest BCUT2D eigenvalue weighted by molar-refractivity contribution is -0.277. The number of phenolic OH excluding ortho intramolecular Hbond substituents is 3. The Morgan fingerprint density at radius 3 is 1.93 bits per heavy atom. The summed E-state index contributed by atoms with van der Waals surface area (Å²) < 4.78 is 37.8. The van der Waals surface area contributed by atoms with Crippen molar-refractivity contribution in [1.82, 2.24) is 37.2 Å². The maximum absolute atomic E-state index is 16.1. The Bertz CT molecular complexity index is 4130. The zero-order valence-electron chi connectivity index (χ0n) is 54.2. The Kier molecular flexibility index (Phi) is 22.0. The van der Waals surface area contributed by atoms with Gasteiger partial charge >= 0.3 is 5.97 Å². The van der Waals surface area contributed by atoms with Crippen molar-refractivity contribution in [2.24, 2.45) is 17.4 Å². The first kappa shape index (κ1) is 74.2. The molecule has 11 bridgehead atoms. The van der Waals surface area contributed by atoms with Gasteiger partial charge in [0.05, 0.1) is 34.7 Å². The number of aliphatic carboxylic acids is 1. The fourth-order valence-corrected chi connectivity index (χ4v) is 12.8. The highest BCUT2D eigenvalue weighted by molar-refractivity contribution is 6.32. The minimum absolute atomic E-state index is 0.0975. The number of aliphatic hydroxyl groups is 5. The van der Waals surface area contributed by atoms with E-state index in [1.165, 1.54) is 39.1 Å². The number of carbonyl (C=O) groups is 9. The maximum Gasteiger partial charge on any atom is 0.330 e. The number of benzene rings is 5. The highest BCUT2D eigenvalue weighted by atomic mass is 35.5. The van der Waals surface area contributed by atoms with Crippen molar-refractivity contribution in [2.75, 3.05) is 13.7 Å². The minimum atomic E-state index is -2.35. The number of carboxylic acid groups (broad SMARTS) is 1. The summed E-state index contributed by atoms with van der Waals surface area (Å²) in [5, 5.41) is 118. The third-order valence-corrected chi connectivity index (χ3v) is 18.1. The van der Waals surface area contributed by atoms with E-state index in [0.717, 1.165) is 60.7 Å². The van der Waals surface area contributed by atoms with Crippen LogP contribution in [0.25, 0.3) is 11.1 Å².